The summed E-state index contributed by atoms with van der Waals surface area (Å²) in [5.41, 5.74) is -1.15. The molecule has 0 aliphatic rings. The standard InChI is InChI=1S/C14H16.C6H9F3O2.C6H10O4/c1-3-11(2)13-9-8-12-6-4-5-7-14(12)10-13;1-3-5(2,4(10)11)6(7,8)9;1-3(5(7)8)4(2)6(9)10/h4-11H,3H2,1-2H3;3H2,1-2H3,(H,10,11);3-4H,1-2H3,(H,7,8)(H,9,10). The molecule has 2 rings (SSSR count). The molecule has 3 N–H and O–H groups in total. The maximum Gasteiger partial charge on any atom is 0.404 e. The number of aliphatic carboxylic acids is 3. The fourth-order valence-corrected chi connectivity index (χ4v) is 2.65. The van der Waals surface area contributed by atoms with E-state index >= 15 is 0 Å². The SMILES string of the molecule is CC(C(=O)O)C(C)C(=O)O.CCC(C)(C(=O)O)C(F)(F)F.CCC(C)c1ccc2ccccc2c1. The van der Waals surface area contributed by atoms with Gasteiger partial charge in [-0.05, 0) is 42.0 Å². The molecule has 2 aromatic rings. The monoisotopic (exact) mass is 500 g/mol. The van der Waals surface area contributed by atoms with Gasteiger partial charge in [-0.3, -0.25) is 14.4 Å². The van der Waals surface area contributed by atoms with Crippen molar-refractivity contribution in [1.82, 2.24) is 0 Å². The zero-order chi connectivity index (χ0) is 27.6. The highest BCUT2D eigenvalue weighted by atomic mass is 19.4. The molecular weight excluding hydrogens is 465 g/mol. The van der Waals surface area contributed by atoms with Crippen LogP contribution in [0.5, 0.6) is 0 Å². The highest BCUT2D eigenvalue weighted by Gasteiger charge is 2.55. The van der Waals surface area contributed by atoms with Crippen LogP contribution in [-0.4, -0.2) is 39.4 Å². The molecule has 0 aromatic heterocycles. The lowest BCUT2D eigenvalue weighted by atomic mass is 9.87. The van der Waals surface area contributed by atoms with Gasteiger partial charge in [-0.25, -0.2) is 0 Å². The maximum absolute atomic E-state index is 12.0. The molecule has 2 aromatic carbocycles. The number of benzene rings is 2. The summed E-state index contributed by atoms with van der Waals surface area (Å²) in [6.45, 7) is 9.14. The van der Waals surface area contributed by atoms with E-state index in [0.29, 0.717) is 12.8 Å². The normalized spacial score (nSPS) is 15.2. The minimum atomic E-state index is -4.67. The van der Waals surface area contributed by atoms with Gasteiger partial charge >= 0.3 is 24.1 Å². The predicted molar refractivity (Wildman–Crippen MR) is 128 cm³/mol. The number of carboxylic acid groups (broad SMARTS) is 3. The fraction of sp³-hybridized carbons (Fsp3) is 0.500. The Hall–Kier alpha value is -3.10. The van der Waals surface area contributed by atoms with E-state index in [1.807, 2.05) is 0 Å². The number of fused-ring (bicyclic) bond motifs is 1. The first-order valence-corrected chi connectivity index (χ1v) is 11.3. The van der Waals surface area contributed by atoms with Crippen LogP contribution in [0, 0.1) is 17.3 Å². The van der Waals surface area contributed by atoms with Crippen LogP contribution in [0.15, 0.2) is 42.5 Å². The van der Waals surface area contributed by atoms with Crippen molar-refractivity contribution in [1.29, 1.82) is 0 Å². The molecule has 35 heavy (non-hydrogen) atoms. The van der Waals surface area contributed by atoms with Crippen LogP contribution in [-0.2, 0) is 14.4 Å². The largest absolute Gasteiger partial charge is 0.481 e. The average molecular weight is 501 g/mol. The Morgan fingerprint density at radius 3 is 1.60 bits per heavy atom. The first kappa shape index (κ1) is 31.9. The second kappa shape index (κ2) is 13.7. The van der Waals surface area contributed by atoms with Crippen LogP contribution in [0.4, 0.5) is 13.2 Å². The van der Waals surface area contributed by atoms with Gasteiger partial charge in [0, 0.05) is 0 Å². The second-order valence-corrected chi connectivity index (χ2v) is 8.66. The number of alkyl halides is 3. The molecule has 0 amide bonds. The van der Waals surface area contributed by atoms with Crippen LogP contribution in [0.25, 0.3) is 10.8 Å². The Morgan fingerprint density at radius 2 is 1.29 bits per heavy atom. The zero-order valence-corrected chi connectivity index (χ0v) is 20.9. The Kier molecular flexibility index (Phi) is 12.5. The first-order chi connectivity index (χ1) is 16.0. The minimum absolute atomic E-state index is 0.453. The highest BCUT2D eigenvalue weighted by molar-refractivity contribution is 5.83. The summed E-state index contributed by atoms with van der Waals surface area (Å²) in [6, 6.07) is 15.3. The quantitative estimate of drug-likeness (QED) is 0.384. The smallest absolute Gasteiger partial charge is 0.404 e. The van der Waals surface area contributed by atoms with Gasteiger partial charge in [-0.1, -0.05) is 77.1 Å². The Labute approximate surface area is 203 Å². The molecule has 0 bridgehead atoms. The van der Waals surface area contributed by atoms with E-state index in [2.05, 4.69) is 56.3 Å². The molecule has 0 fully saturated rings. The maximum atomic E-state index is 12.0. The zero-order valence-electron chi connectivity index (χ0n) is 20.9. The van der Waals surface area contributed by atoms with Crippen molar-refractivity contribution in [3.8, 4) is 0 Å². The summed E-state index contributed by atoms with van der Waals surface area (Å²) in [5.74, 6) is -4.95. The van der Waals surface area contributed by atoms with E-state index in [-0.39, 0.29) is 0 Å². The first-order valence-electron chi connectivity index (χ1n) is 11.3. The van der Waals surface area contributed by atoms with Gasteiger partial charge in [0.2, 0.25) is 0 Å². The number of carboxylic acids is 3. The van der Waals surface area contributed by atoms with Crippen molar-refractivity contribution in [3.05, 3.63) is 48.0 Å². The van der Waals surface area contributed by atoms with Crippen LogP contribution >= 0.6 is 0 Å². The molecule has 0 aliphatic heterocycles. The average Bonchev–Trinajstić information content (AvgIpc) is 2.81. The van der Waals surface area contributed by atoms with Gasteiger partial charge in [-0.2, -0.15) is 13.2 Å². The van der Waals surface area contributed by atoms with Crippen molar-refractivity contribution in [2.45, 2.75) is 66.5 Å². The fourth-order valence-electron chi connectivity index (χ4n) is 2.65. The number of halogens is 3. The summed E-state index contributed by atoms with van der Waals surface area (Å²) in [7, 11) is 0. The van der Waals surface area contributed by atoms with Crippen LogP contribution in [0.3, 0.4) is 0 Å². The van der Waals surface area contributed by atoms with E-state index in [4.69, 9.17) is 15.3 Å². The van der Waals surface area contributed by atoms with E-state index in [1.165, 1.54) is 43.5 Å². The molecule has 4 unspecified atom stereocenters. The van der Waals surface area contributed by atoms with Gasteiger partial charge in [0.1, 0.15) is 0 Å². The molecule has 9 heteroatoms. The van der Waals surface area contributed by atoms with Crippen molar-refractivity contribution >= 4 is 28.7 Å². The van der Waals surface area contributed by atoms with Gasteiger partial charge in [-0.15, -0.1) is 0 Å². The Bertz CT molecular complexity index is 970. The van der Waals surface area contributed by atoms with Crippen molar-refractivity contribution in [3.63, 3.8) is 0 Å². The molecule has 0 aliphatic carbocycles. The number of hydrogen-bond donors (Lipinski definition) is 3. The van der Waals surface area contributed by atoms with E-state index < -0.39 is 47.8 Å². The number of rotatable bonds is 7. The number of hydrogen-bond acceptors (Lipinski definition) is 3. The van der Waals surface area contributed by atoms with Gasteiger partial charge in [0.15, 0.2) is 5.41 Å². The second-order valence-electron chi connectivity index (χ2n) is 8.66. The lowest BCUT2D eigenvalue weighted by molar-refractivity contribution is -0.227. The lowest BCUT2D eigenvalue weighted by Gasteiger charge is -2.25. The van der Waals surface area contributed by atoms with Gasteiger partial charge in [0.25, 0.3) is 0 Å². The lowest BCUT2D eigenvalue weighted by Crippen LogP contribution is -2.41. The molecule has 0 heterocycles. The molecule has 196 valence electrons. The molecular formula is C26H35F3O6. The predicted octanol–water partition coefficient (Wildman–Crippen LogP) is 6.83. The van der Waals surface area contributed by atoms with Crippen LogP contribution < -0.4 is 0 Å². The number of carbonyl (C=O) groups is 3. The van der Waals surface area contributed by atoms with E-state index in [9.17, 15) is 27.6 Å². The van der Waals surface area contributed by atoms with Gasteiger partial charge in [0.05, 0.1) is 11.8 Å². The van der Waals surface area contributed by atoms with Crippen LogP contribution in [0.2, 0.25) is 0 Å². The Balaban J connectivity index is 0.000000507. The van der Waals surface area contributed by atoms with Crippen molar-refractivity contribution in [2.75, 3.05) is 0 Å². The molecule has 0 spiro atoms. The summed E-state index contributed by atoms with van der Waals surface area (Å²) < 4.78 is 35.9. The summed E-state index contributed by atoms with van der Waals surface area (Å²) in [5, 5.41) is 27.6. The molecule has 0 saturated carbocycles. The van der Waals surface area contributed by atoms with Crippen molar-refractivity contribution in [2.24, 2.45) is 17.3 Å². The molecule has 6 nitrogen and oxygen atoms in total. The van der Waals surface area contributed by atoms with Gasteiger partial charge < -0.3 is 15.3 Å². The third-order valence-electron chi connectivity index (χ3n) is 6.29. The van der Waals surface area contributed by atoms with Crippen molar-refractivity contribution < 1.29 is 42.9 Å². The van der Waals surface area contributed by atoms with E-state index in [1.54, 1.807) is 0 Å². The molecule has 4 atom stereocenters. The summed E-state index contributed by atoms with van der Waals surface area (Å²) in [6.07, 6.45) is -3.92. The van der Waals surface area contributed by atoms with E-state index in [0.717, 1.165) is 0 Å². The highest BCUT2D eigenvalue weighted by Crippen LogP contribution is 2.40. The third kappa shape index (κ3) is 9.22. The summed E-state index contributed by atoms with van der Waals surface area (Å²) >= 11 is 0. The molecule has 0 saturated heterocycles. The Morgan fingerprint density at radius 1 is 0.829 bits per heavy atom. The molecule has 0 radical (unpaired) electrons. The minimum Gasteiger partial charge on any atom is -0.481 e. The van der Waals surface area contributed by atoms with Crippen LogP contribution in [0.1, 0.15) is 65.9 Å². The summed E-state index contributed by atoms with van der Waals surface area (Å²) in [4.78, 5) is 30.5. The third-order valence-corrected chi connectivity index (χ3v) is 6.29. The topological polar surface area (TPSA) is 112 Å².